The van der Waals surface area contributed by atoms with Gasteiger partial charge in [-0.1, -0.05) is 0 Å². The number of rotatable bonds is 5. The van der Waals surface area contributed by atoms with E-state index in [1.54, 1.807) is 12.1 Å². The van der Waals surface area contributed by atoms with E-state index in [1.807, 2.05) is 25.1 Å². The number of hydrogen-bond acceptors (Lipinski definition) is 5. The molecule has 0 radical (unpaired) electrons. The van der Waals surface area contributed by atoms with Crippen LogP contribution >= 0.6 is 0 Å². The van der Waals surface area contributed by atoms with E-state index in [0.29, 0.717) is 17.9 Å². The van der Waals surface area contributed by atoms with Gasteiger partial charge >= 0.3 is 5.97 Å². The van der Waals surface area contributed by atoms with Gasteiger partial charge in [0.1, 0.15) is 6.61 Å². The summed E-state index contributed by atoms with van der Waals surface area (Å²) >= 11 is 0. The summed E-state index contributed by atoms with van der Waals surface area (Å²) in [6.45, 7) is 3.46. The van der Waals surface area contributed by atoms with Crippen LogP contribution in [0.25, 0.3) is 0 Å². The van der Waals surface area contributed by atoms with E-state index in [1.165, 1.54) is 12.8 Å². The Morgan fingerprint density at radius 2 is 2.05 bits per heavy atom. The molecule has 1 fully saturated rings. The molecule has 0 atom stereocenters. The molecule has 5 heteroatoms. The van der Waals surface area contributed by atoms with Crippen molar-refractivity contribution >= 4 is 17.3 Å². The minimum Gasteiger partial charge on any atom is -0.461 e. The maximum Gasteiger partial charge on any atom is 0.340 e. The third kappa shape index (κ3) is 3.63. The van der Waals surface area contributed by atoms with Gasteiger partial charge in [0, 0.05) is 26.3 Å². The van der Waals surface area contributed by atoms with Crippen LogP contribution in [0.5, 0.6) is 0 Å². The fourth-order valence-electron chi connectivity index (χ4n) is 2.46. The highest BCUT2D eigenvalue weighted by Gasteiger charge is 2.16. The van der Waals surface area contributed by atoms with E-state index in [9.17, 15) is 4.79 Å². The molecule has 20 heavy (non-hydrogen) atoms. The predicted molar refractivity (Wildman–Crippen MR) is 81.1 cm³/mol. The Morgan fingerprint density at radius 3 is 2.70 bits per heavy atom. The molecular weight excluding hydrogens is 254 g/mol. The Bertz CT molecular complexity index is 468. The van der Waals surface area contributed by atoms with E-state index in [-0.39, 0.29) is 5.97 Å². The van der Waals surface area contributed by atoms with E-state index < -0.39 is 0 Å². The van der Waals surface area contributed by atoms with Crippen molar-refractivity contribution in [1.82, 2.24) is 4.90 Å². The molecule has 0 amide bonds. The Morgan fingerprint density at radius 1 is 1.35 bits per heavy atom. The average Bonchev–Trinajstić information content (AvgIpc) is 2.91. The Labute approximate surface area is 120 Å². The summed E-state index contributed by atoms with van der Waals surface area (Å²) in [6, 6.07) is 5.30. The molecular formula is C15H23N3O2. The van der Waals surface area contributed by atoms with E-state index in [2.05, 4.69) is 4.90 Å². The maximum absolute atomic E-state index is 12.2. The normalized spacial score (nSPS) is 15.3. The highest BCUT2D eigenvalue weighted by Crippen LogP contribution is 2.22. The van der Waals surface area contributed by atoms with Crippen molar-refractivity contribution in [2.24, 2.45) is 0 Å². The highest BCUT2D eigenvalue weighted by molar-refractivity contribution is 5.96. The number of anilines is 2. The summed E-state index contributed by atoms with van der Waals surface area (Å²) in [5.41, 5.74) is 7.68. The van der Waals surface area contributed by atoms with Crippen LogP contribution in [0.3, 0.4) is 0 Å². The molecule has 1 aromatic rings. The van der Waals surface area contributed by atoms with Gasteiger partial charge in [-0.05, 0) is 44.1 Å². The molecule has 0 saturated carbocycles. The van der Waals surface area contributed by atoms with E-state index in [4.69, 9.17) is 10.5 Å². The third-order valence-corrected chi connectivity index (χ3v) is 3.56. The molecule has 110 valence electrons. The number of carbonyl (C=O) groups excluding carboxylic acids is 1. The second-order valence-corrected chi connectivity index (χ2v) is 5.36. The van der Waals surface area contributed by atoms with Crippen molar-refractivity contribution < 1.29 is 9.53 Å². The number of hydrogen-bond donors (Lipinski definition) is 1. The molecule has 0 aromatic heterocycles. The van der Waals surface area contributed by atoms with Crippen LogP contribution in [-0.2, 0) is 4.74 Å². The average molecular weight is 277 g/mol. The number of benzene rings is 1. The van der Waals surface area contributed by atoms with Crippen LogP contribution in [0.1, 0.15) is 23.2 Å². The molecule has 1 heterocycles. The summed E-state index contributed by atoms with van der Waals surface area (Å²) in [7, 11) is 3.79. The van der Waals surface area contributed by atoms with Gasteiger partial charge in [0.05, 0.1) is 11.3 Å². The molecule has 0 aliphatic carbocycles. The summed E-state index contributed by atoms with van der Waals surface area (Å²) in [6.07, 6.45) is 2.49. The summed E-state index contributed by atoms with van der Waals surface area (Å²) < 4.78 is 5.37. The summed E-state index contributed by atoms with van der Waals surface area (Å²) in [5, 5.41) is 0. The highest BCUT2D eigenvalue weighted by atomic mass is 16.5. The zero-order valence-electron chi connectivity index (χ0n) is 12.3. The zero-order chi connectivity index (χ0) is 14.5. The number of nitrogens with zero attached hydrogens (tertiary/aromatic N) is 2. The zero-order valence-corrected chi connectivity index (χ0v) is 12.3. The first-order chi connectivity index (χ1) is 9.58. The van der Waals surface area contributed by atoms with Gasteiger partial charge in [0.15, 0.2) is 0 Å². The van der Waals surface area contributed by atoms with Crippen LogP contribution in [-0.4, -0.2) is 51.2 Å². The summed E-state index contributed by atoms with van der Waals surface area (Å²) in [5.74, 6) is -0.305. The second-order valence-electron chi connectivity index (χ2n) is 5.36. The lowest BCUT2D eigenvalue weighted by molar-refractivity contribution is 0.0473. The summed E-state index contributed by atoms with van der Waals surface area (Å²) in [4.78, 5) is 16.4. The number of ether oxygens (including phenoxy) is 1. The molecule has 5 nitrogen and oxygen atoms in total. The second kappa shape index (κ2) is 6.61. The maximum atomic E-state index is 12.2. The van der Waals surface area contributed by atoms with Gasteiger partial charge < -0.3 is 15.4 Å². The van der Waals surface area contributed by atoms with Crippen LogP contribution in [0, 0.1) is 0 Å². The van der Waals surface area contributed by atoms with Crippen molar-refractivity contribution in [2.45, 2.75) is 12.8 Å². The van der Waals surface area contributed by atoms with Crippen LogP contribution in [0.4, 0.5) is 11.4 Å². The first kappa shape index (κ1) is 14.7. The van der Waals surface area contributed by atoms with Crippen molar-refractivity contribution in [1.29, 1.82) is 0 Å². The van der Waals surface area contributed by atoms with Crippen molar-refractivity contribution in [3.05, 3.63) is 23.8 Å². The monoisotopic (exact) mass is 277 g/mol. The SMILES string of the molecule is CN(C)c1ccc(N)cc1C(=O)OCCN1CCCC1. The first-order valence-corrected chi connectivity index (χ1v) is 7.04. The smallest absolute Gasteiger partial charge is 0.340 e. The van der Waals surface area contributed by atoms with Crippen LogP contribution in [0.2, 0.25) is 0 Å². The van der Waals surface area contributed by atoms with Gasteiger partial charge in [-0.25, -0.2) is 4.79 Å². The van der Waals surface area contributed by atoms with Crippen molar-refractivity contribution in [3.63, 3.8) is 0 Å². The van der Waals surface area contributed by atoms with Crippen molar-refractivity contribution in [3.8, 4) is 0 Å². The lowest BCUT2D eigenvalue weighted by Crippen LogP contribution is -2.25. The van der Waals surface area contributed by atoms with Crippen LogP contribution < -0.4 is 10.6 Å². The minimum absolute atomic E-state index is 0.305. The molecule has 0 unspecified atom stereocenters. The van der Waals surface area contributed by atoms with Gasteiger partial charge in [0.25, 0.3) is 0 Å². The number of carbonyl (C=O) groups is 1. The molecule has 0 spiro atoms. The minimum atomic E-state index is -0.305. The number of nitrogen functional groups attached to an aromatic ring is 1. The van der Waals surface area contributed by atoms with Gasteiger partial charge in [-0.2, -0.15) is 0 Å². The number of likely N-dealkylation sites (tertiary alicyclic amines) is 1. The molecule has 2 N–H and O–H groups in total. The fourth-order valence-corrected chi connectivity index (χ4v) is 2.46. The molecule has 1 aromatic carbocycles. The number of nitrogens with two attached hydrogens (primary N) is 1. The standard InChI is InChI=1S/C15H23N3O2/c1-17(2)14-6-5-12(16)11-13(14)15(19)20-10-9-18-7-3-4-8-18/h5-6,11H,3-4,7-10,16H2,1-2H3. The van der Waals surface area contributed by atoms with E-state index in [0.717, 1.165) is 25.3 Å². The first-order valence-electron chi connectivity index (χ1n) is 7.04. The van der Waals surface area contributed by atoms with Crippen molar-refractivity contribution in [2.75, 3.05) is 51.0 Å². The lowest BCUT2D eigenvalue weighted by Gasteiger charge is -2.18. The lowest BCUT2D eigenvalue weighted by atomic mass is 10.1. The third-order valence-electron chi connectivity index (χ3n) is 3.56. The van der Waals surface area contributed by atoms with Gasteiger partial charge in [-0.15, -0.1) is 0 Å². The molecule has 1 aliphatic rings. The quantitative estimate of drug-likeness (QED) is 0.654. The fraction of sp³-hybridized carbons (Fsp3) is 0.533. The Balaban J connectivity index is 1.95. The van der Waals surface area contributed by atoms with E-state index >= 15 is 0 Å². The van der Waals surface area contributed by atoms with Gasteiger partial charge in [0.2, 0.25) is 0 Å². The number of esters is 1. The molecule has 1 saturated heterocycles. The Kier molecular flexibility index (Phi) is 4.84. The topological polar surface area (TPSA) is 58.8 Å². The molecule has 2 rings (SSSR count). The van der Waals surface area contributed by atoms with Gasteiger partial charge in [-0.3, -0.25) is 4.90 Å². The molecule has 0 bridgehead atoms. The largest absolute Gasteiger partial charge is 0.461 e. The van der Waals surface area contributed by atoms with Crippen LogP contribution in [0.15, 0.2) is 18.2 Å². The Hall–Kier alpha value is -1.75. The molecule has 1 aliphatic heterocycles. The predicted octanol–water partition coefficient (Wildman–Crippen LogP) is 1.59.